The molecule has 0 saturated heterocycles. The lowest BCUT2D eigenvalue weighted by atomic mass is 10.1. The van der Waals surface area contributed by atoms with Gasteiger partial charge in [0.05, 0.1) is 4.92 Å². The van der Waals surface area contributed by atoms with Crippen LogP contribution in [0.25, 0.3) is 5.57 Å². The zero-order valence-corrected chi connectivity index (χ0v) is 12.3. The van der Waals surface area contributed by atoms with Crippen molar-refractivity contribution in [1.29, 1.82) is 0 Å². The van der Waals surface area contributed by atoms with Crippen molar-refractivity contribution in [3.05, 3.63) is 69.8 Å². The molecule has 21 heavy (non-hydrogen) atoms. The molecule has 0 aliphatic heterocycles. The molecule has 2 rings (SSSR count). The standard InChI is InChI=1S/C17H17NO3/c1-11(2)14-5-6-17(16(10-14)18(19)20)21-15-8-12(3)7-13(4)9-15/h5-10H,1H2,2-4H3. The number of aryl methyl sites for hydroxylation is 2. The van der Waals surface area contributed by atoms with Gasteiger partial charge in [-0.05, 0) is 55.7 Å². The molecule has 0 heterocycles. The van der Waals surface area contributed by atoms with Crippen LogP contribution in [0.2, 0.25) is 0 Å². The Morgan fingerprint density at radius 1 is 1.14 bits per heavy atom. The molecule has 4 heteroatoms. The van der Waals surface area contributed by atoms with Crippen LogP contribution in [0.1, 0.15) is 23.6 Å². The van der Waals surface area contributed by atoms with Crippen molar-refractivity contribution in [2.45, 2.75) is 20.8 Å². The Kier molecular flexibility index (Phi) is 4.08. The molecule has 0 atom stereocenters. The minimum Gasteiger partial charge on any atom is -0.450 e. The number of hydrogen-bond donors (Lipinski definition) is 0. The Morgan fingerprint density at radius 2 is 1.76 bits per heavy atom. The molecule has 108 valence electrons. The summed E-state index contributed by atoms with van der Waals surface area (Å²) in [7, 11) is 0. The summed E-state index contributed by atoms with van der Waals surface area (Å²) in [4.78, 5) is 10.8. The third-order valence-corrected chi connectivity index (χ3v) is 3.07. The van der Waals surface area contributed by atoms with Gasteiger partial charge in [0.1, 0.15) is 5.75 Å². The van der Waals surface area contributed by atoms with Crippen molar-refractivity contribution < 1.29 is 9.66 Å². The van der Waals surface area contributed by atoms with E-state index in [1.165, 1.54) is 6.07 Å². The zero-order valence-electron chi connectivity index (χ0n) is 12.3. The van der Waals surface area contributed by atoms with Crippen molar-refractivity contribution in [1.82, 2.24) is 0 Å². The molecule has 0 fully saturated rings. The second kappa shape index (κ2) is 5.79. The van der Waals surface area contributed by atoms with Crippen molar-refractivity contribution in [2.24, 2.45) is 0 Å². The highest BCUT2D eigenvalue weighted by Crippen LogP contribution is 2.34. The van der Waals surface area contributed by atoms with E-state index in [4.69, 9.17) is 4.74 Å². The molecule has 0 radical (unpaired) electrons. The second-order valence-electron chi connectivity index (χ2n) is 5.15. The molecule has 0 unspecified atom stereocenters. The maximum Gasteiger partial charge on any atom is 0.312 e. The topological polar surface area (TPSA) is 52.4 Å². The highest BCUT2D eigenvalue weighted by Gasteiger charge is 2.17. The molecule has 0 aromatic heterocycles. The van der Waals surface area contributed by atoms with E-state index in [9.17, 15) is 10.1 Å². The van der Waals surface area contributed by atoms with Crippen molar-refractivity contribution in [3.63, 3.8) is 0 Å². The summed E-state index contributed by atoms with van der Waals surface area (Å²) in [6.07, 6.45) is 0. The molecule has 4 nitrogen and oxygen atoms in total. The van der Waals surface area contributed by atoms with Gasteiger partial charge in [-0.2, -0.15) is 0 Å². The molecule has 0 N–H and O–H groups in total. The van der Waals surface area contributed by atoms with E-state index in [0.29, 0.717) is 5.75 Å². The van der Waals surface area contributed by atoms with E-state index < -0.39 is 4.92 Å². The number of nitro groups is 1. The van der Waals surface area contributed by atoms with Gasteiger partial charge in [0, 0.05) is 6.07 Å². The van der Waals surface area contributed by atoms with Gasteiger partial charge in [-0.1, -0.05) is 24.3 Å². The number of rotatable bonds is 4. The van der Waals surface area contributed by atoms with Crippen LogP contribution in [-0.2, 0) is 0 Å². The summed E-state index contributed by atoms with van der Waals surface area (Å²) in [5.41, 5.74) is 3.54. The lowest BCUT2D eigenvalue weighted by Gasteiger charge is -2.09. The second-order valence-corrected chi connectivity index (χ2v) is 5.15. The average molecular weight is 283 g/mol. The van der Waals surface area contributed by atoms with Gasteiger partial charge in [-0.15, -0.1) is 0 Å². The van der Waals surface area contributed by atoms with Gasteiger partial charge in [0.15, 0.2) is 0 Å². The smallest absolute Gasteiger partial charge is 0.312 e. The number of nitrogens with zero attached hydrogens (tertiary/aromatic N) is 1. The summed E-state index contributed by atoms with van der Waals surface area (Å²) in [6.45, 7) is 9.52. The van der Waals surface area contributed by atoms with Gasteiger partial charge >= 0.3 is 5.69 Å². The first-order valence-corrected chi connectivity index (χ1v) is 6.57. The SMILES string of the molecule is C=C(C)c1ccc(Oc2cc(C)cc(C)c2)c([N+](=O)[O-])c1. The highest BCUT2D eigenvalue weighted by atomic mass is 16.6. The van der Waals surface area contributed by atoms with E-state index in [1.807, 2.05) is 39.0 Å². The molecular formula is C17H17NO3. The van der Waals surface area contributed by atoms with Gasteiger partial charge in [-0.3, -0.25) is 10.1 Å². The van der Waals surface area contributed by atoms with Crippen LogP contribution in [0.3, 0.4) is 0 Å². The number of hydrogen-bond acceptors (Lipinski definition) is 3. The van der Waals surface area contributed by atoms with E-state index >= 15 is 0 Å². The Morgan fingerprint density at radius 3 is 2.29 bits per heavy atom. The van der Waals surface area contributed by atoms with Crippen molar-refractivity contribution >= 4 is 11.3 Å². The first-order chi connectivity index (χ1) is 9.86. The minimum atomic E-state index is -0.440. The van der Waals surface area contributed by atoms with E-state index in [0.717, 1.165) is 22.3 Å². The Balaban J connectivity index is 2.43. The van der Waals surface area contributed by atoms with Crippen LogP contribution >= 0.6 is 0 Å². The predicted molar refractivity (Wildman–Crippen MR) is 83.8 cm³/mol. The molecule has 0 amide bonds. The summed E-state index contributed by atoms with van der Waals surface area (Å²) in [6, 6.07) is 10.6. The summed E-state index contributed by atoms with van der Waals surface area (Å²) < 4.78 is 5.70. The Bertz CT molecular complexity index is 700. The lowest BCUT2D eigenvalue weighted by Crippen LogP contribution is -1.95. The average Bonchev–Trinajstić information content (AvgIpc) is 2.37. The fourth-order valence-corrected chi connectivity index (χ4v) is 2.13. The third kappa shape index (κ3) is 3.48. The van der Waals surface area contributed by atoms with Gasteiger partial charge in [0.2, 0.25) is 5.75 Å². The highest BCUT2D eigenvalue weighted by molar-refractivity contribution is 5.66. The van der Waals surface area contributed by atoms with Crippen LogP contribution in [0, 0.1) is 24.0 Å². The molecule has 0 saturated carbocycles. The Hall–Kier alpha value is -2.62. The molecule has 0 aliphatic carbocycles. The van der Waals surface area contributed by atoms with Gasteiger partial charge in [0.25, 0.3) is 0 Å². The maximum atomic E-state index is 11.2. The van der Waals surface area contributed by atoms with Crippen molar-refractivity contribution in [2.75, 3.05) is 0 Å². The number of ether oxygens (including phenoxy) is 1. The van der Waals surface area contributed by atoms with E-state index in [2.05, 4.69) is 6.58 Å². The normalized spacial score (nSPS) is 10.2. The molecule has 0 spiro atoms. The van der Waals surface area contributed by atoms with Crippen LogP contribution < -0.4 is 4.74 Å². The van der Waals surface area contributed by atoms with Crippen molar-refractivity contribution in [3.8, 4) is 11.5 Å². The molecular weight excluding hydrogens is 266 g/mol. The predicted octanol–water partition coefficient (Wildman–Crippen LogP) is 5.04. The number of benzene rings is 2. The lowest BCUT2D eigenvalue weighted by molar-refractivity contribution is -0.385. The van der Waals surface area contributed by atoms with E-state index in [1.54, 1.807) is 12.1 Å². The summed E-state index contributed by atoms with van der Waals surface area (Å²) in [5.74, 6) is 0.827. The van der Waals surface area contributed by atoms with Crippen LogP contribution in [-0.4, -0.2) is 4.92 Å². The largest absolute Gasteiger partial charge is 0.450 e. The molecule has 2 aromatic carbocycles. The monoisotopic (exact) mass is 283 g/mol. The van der Waals surface area contributed by atoms with Crippen LogP contribution in [0.4, 0.5) is 5.69 Å². The van der Waals surface area contributed by atoms with Crippen LogP contribution in [0.15, 0.2) is 43.0 Å². The molecule has 2 aromatic rings. The summed E-state index contributed by atoms with van der Waals surface area (Å²) >= 11 is 0. The summed E-state index contributed by atoms with van der Waals surface area (Å²) in [5, 5.41) is 11.2. The zero-order chi connectivity index (χ0) is 15.6. The fourth-order valence-electron chi connectivity index (χ4n) is 2.13. The maximum absolute atomic E-state index is 11.2. The van der Waals surface area contributed by atoms with E-state index in [-0.39, 0.29) is 11.4 Å². The molecule has 0 bridgehead atoms. The molecule has 0 aliphatic rings. The third-order valence-electron chi connectivity index (χ3n) is 3.07. The first kappa shape index (κ1) is 14.8. The number of allylic oxidation sites excluding steroid dienone is 1. The van der Waals surface area contributed by atoms with Gasteiger partial charge < -0.3 is 4.74 Å². The fraction of sp³-hybridized carbons (Fsp3) is 0.176. The first-order valence-electron chi connectivity index (χ1n) is 6.57. The van der Waals surface area contributed by atoms with Gasteiger partial charge in [-0.25, -0.2) is 0 Å². The number of nitro benzene ring substituents is 1. The minimum absolute atomic E-state index is 0.0605. The Labute approximate surface area is 123 Å². The quantitative estimate of drug-likeness (QED) is 0.583. The van der Waals surface area contributed by atoms with Crippen LogP contribution in [0.5, 0.6) is 11.5 Å².